The van der Waals surface area contributed by atoms with Crippen LogP contribution >= 0.6 is 11.3 Å². The molecule has 0 bridgehead atoms. The van der Waals surface area contributed by atoms with Gasteiger partial charge in [-0.1, -0.05) is 19.9 Å². The van der Waals surface area contributed by atoms with Gasteiger partial charge in [-0.05, 0) is 62.3 Å². The molecular formula is C24H29NO6S. The van der Waals surface area contributed by atoms with Gasteiger partial charge in [-0.2, -0.15) is 0 Å². The Bertz CT molecular complexity index is 1060. The summed E-state index contributed by atoms with van der Waals surface area (Å²) in [5.74, 6) is -0.0863. The predicted molar refractivity (Wildman–Crippen MR) is 125 cm³/mol. The zero-order valence-electron chi connectivity index (χ0n) is 18.5. The molecule has 2 rings (SSSR count). The van der Waals surface area contributed by atoms with E-state index in [9.17, 15) is 19.5 Å². The number of nitrogens with one attached hydrogen (secondary N) is 1. The quantitative estimate of drug-likeness (QED) is 0.236. The lowest BCUT2D eigenvalue weighted by molar-refractivity contribution is 0.102. The molecule has 2 aromatic heterocycles. The van der Waals surface area contributed by atoms with Crippen LogP contribution in [0.25, 0.3) is 6.08 Å². The Labute approximate surface area is 191 Å². The topological polar surface area (TPSA) is 117 Å². The second kappa shape index (κ2) is 12.0. The standard InChI is InChI=1S/C24H29NO6S/c1-15(2)8-9-18-10-11-19(32-18)13-16(3)22(27)21-20(26)14-17(31-23(21)28)7-5-4-6-12-25-24(29)30/h6,10-15,25-26H,4-5,7-9H2,1-3H3,(H,29,30)/b12-6+,16-13?. The van der Waals surface area contributed by atoms with Gasteiger partial charge in [-0.3, -0.25) is 10.1 Å². The number of hydrogen-bond acceptors (Lipinski definition) is 6. The summed E-state index contributed by atoms with van der Waals surface area (Å²) in [6.07, 6.45) is 7.09. The van der Waals surface area contributed by atoms with Gasteiger partial charge < -0.3 is 14.6 Å². The van der Waals surface area contributed by atoms with Crippen molar-refractivity contribution >= 4 is 29.3 Å². The van der Waals surface area contributed by atoms with Crippen LogP contribution < -0.4 is 10.9 Å². The minimum atomic E-state index is -1.15. The predicted octanol–water partition coefficient (Wildman–Crippen LogP) is 5.39. The highest BCUT2D eigenvalue weighted by Crippen LogP contribution is 2.24. The van der Waals surface area contributed by atoms with Gasteiger partial charge in [0.1, 0.15) is 17.1 Å². The summed E-state index contributed by atoms with van der Waals surface area (Å²) in [6, 6.07) is 5.28. The molecule has 2 heterocycles. The Kier molecular flexibility index (Phi) is 9.46. The molecule has 0 atom stereocenters. The summed E-state index contributed by atoms with van der Waals surface area (Å²) >= 11 is 1.61. The molecule has 0 aliphatic heterocycles. The number of rotatable bonds is 11. The molecule has 8 heteroatoms. The average molecular weight is 460 g/mol. The van der Waals surface area contributed by atoms with Crippen molar-refractivity contribution in [2.24, 2.45) is 5.92 Å². The van der Waals surface area contributed by atoms with E-state index in [4.69, 9.17) is 9.52 Å². The number of allylic oxidation sites excluding steroid dienone is 2. The van der Waals surface area contributed by atoms with Crippen molar-refractivity contribution in [3.63, 3.8) is 0 Å². The van der Waals surface area contributed by atoms with E-state index in [1.54, 1.807) is 30.4 Å². The molecule has 2 aromatic rings. The van der Waals surface area contributed by atoms with Gasteiger partial charge in [0, 0.05) is 28.4 Å². The Balaban J connectivity index is 2.05. The number of hydrogen-bond donors (Lipinski definition) is 3. The van der Waals surface area contributed by atoms with Crippen LogP contribution in [0.3, 0.4) is 0 Å². The second-order valence-corrected chi connectivity index (χ2v) is 9.10. The van der Waals surface area contributed by atoms with Crippen LogP contribution in [-0.2, 0) is 12.8 Å². The first-order valence-corrected chi connectivity index (χ1v) is 11.3. The minimum Gasteiger partial charge on any atom is -0.507 e. The molecule has 1 amide bonds. The molecule has 0 aromatic carbocycles. The minimum absolute atomic E-state index is 0.262. The number of carbonyl (C=O) groups is 2. The first kappa shape index (κ1) is 25.1. The van der Waals surface area contributed by atoms with Crippen molar-refractivity contribution in [2.45, 2.75) is 52.9 Å². The molecule has 0 fully saturated rings. The van der Waals surface area contributed by atoms with Gasteiger partial charge in [0.05, 0.1) is 0 Å². The van der Waals surface area contributed by atoms with Crippen molar-refractivity contribution < 1.29 is 24.2 Å². The fourth-order valence-corrected chi connectivity index (χ4v) is 4.01. The van der Waals surface area contributed by atoms with Crippen molar-refractivity contribution in [3.8, 4) is 5.75 Å². The first-order valence-electron chi connectivity index (χ1n) is 10.5. The zero-order valence-corrected chi connectivity index (χ0v) is 19.3. The fraction of sp³-hybridized carbons (Fsp3) is 0.375. The molecule has 0 unspecified atom stereocenters. The largest absolute Gasteiger partial charge is 0.507 e. The van der Waals surface area contributed by atoms with Gasteiger partial charge in [-0.15, -0.1) is 11.3 Å². The van der Waals surface area contributed by atoms with Crippen molar-refractivity contribution in [1.29, 1.82) is 0 Å². The maximum atomic E-state index is 12.8. The van der Waals surface area contributed by atoms with E-state index >= 15 is 0 Å². The lowest BCUT2D eigenvalue weighted by Crippen LogP contribution is -2.16. The molecular weight excluding hydrogens is 430 g/mol. The third-order valence-corrected chi connectivity index (χ3v) is 5.79. The molecule has 3 N–H and O–H groups in total. The van der Waals surface area contributed by atoms with Crippen molar-refractivity contribution in [1.82, 2.24) is 5.32 Å². The van der Waals surface area contributed by atoms with Crippen LogP contribution in [0, 0.1) is 5.92 Å². The molecule has 0 saturated heterocycles. The Morgan fingerprint density at radius 1 is 1.25 bits per heavy atom. The number of carboxylic acid groups (broad SMARTS) is 1. The third kappa shape index (κ3) is 7.85. The molecule has 0 aliphatic rings. The van der Waals surface area contributed by atoms with Crippen molar-refractivity contribution in [2.75, 3.05) is 0 Å². The second-order valence-electron chi connectivity index (χ2n) is 7.90. The first-order chi connectivity index (χ1) is 15.2. The number of Topliss-reactive ketones (excluding diaryl/α,β-unsaturated/α-hetero) is 1. The lowest BCUT2D eigenvalue weighted by atomic mass is 10.0. The molecule has 7 nitrogen and oxygen atoms in total. The van der Waals surface area contributed by atoms with E-state index in [0.29, 0.717) is 30.8 Å². The number of aromatic hydroxyl groups is 1. The van der Waals surface area contributed by atoms with E-state index in [-0.39, 0.29) is 11.3 Å². The van der Waals surface area contributed by atoms with Gasteiger partial charge in [0.15, 0.2) is 5.78 Å². The van der Waals surface area contributed by atoms with Crippen LogP contribution in [0.1, 0.15) is 65.9 Å². The molecule has 32 heavy (non-hydrogen) atoms. The monoisotopic (exact) mass is 459 g/mol. The summed E-state index contributed by atoms with van der Waals surface area (Å²) in [6.45, 7) is 5.97. The lowest BCUT2D eigenvalue weighted by Gasteiger charge is -2.05. The number of aryl methyl sites for hydroxylation is 2. The van der Waals surface area contributed by atoms with Gasteiger partial charge in [0.2, 0.25) is 0 Å². The normalized spacial score (nSPS) is 11.9. The van der Waals surface area contributed by atoms with Crippen LogP contribution in [0.5, 0.6) is 5.75 Å². The Morgan fingerprint density at radius 2 is 2.00 bits per heavy atom. The maximum absolute atomic E-state index is 12.8. The van der Waals surface area contributed by atoms with Crippen molar-refractivity contribution in [3.05, 3.63) is 67.5 Å². The maximum Gasteiger partial charge on any atom is 0.408 e. The number of amides is 1. The summed E-state index contributed by atoms with van der Waals surface area (Å²) in [5.41, 5.74) is -0.900. The van der Waals surface area contributed by atoms with E-state index in [1.165, 1.54) is 17.1 Å². The molecule has 0 radical (unpaired) electrons. The van der Waals surface area contributed by atoms with Crippen LogP contribution in [0.15, 0.2) is 45.3 Å². The Morgan fingerprint density at radius 3 is 2.66 bits per heavy atom. The van der Waals surface area contributed by atoms with Crippen LogP contribution in [0.2, 0.25) is 0 Å². The zero-order chi connectivity index (χ0) is 23.7. The summed E-state index contributed by atoms with van der Waals surface area (Å²) in [5, 5.41) is 20.9. The average Bonchev–Trinajstić information content (AvgIpc) is 3.15. The van der Waals surface area contributed by atoms with Crippen LogP contribution in [0.4, 0.5) is 4.79 Å². The molecule has 0 saturated carbocycles. The summed E-state index contributed by atoms with van der Waals surface area (Å²) in [7, 11) is 0. The SMILES string of the molecule is CC(=Cc1ccc(CCC(C)C)s1)C(=O)c1c(O)cc(CCC/C=C/NC(=O)O)oc1=O. The summed E-state index contributed by atoms with van der Waals surface area (Å²) < 4.78 is 5.22. The van der Waals surface area contributed by atoms with Crippen LogP contribution in [-0.4, -0.2) is 22.1 Å². The number of carbonyl (C=O) groups excluding carboxylic acids is 1. The molecule has 0 spiro atoms. The van der Waals surface area contributed by atoms with E-state index in [2.05, 4.69) is 19.2 Å². The van der Waals surface area contributed by atoms with E-state index in [1.807, 2.05) is 12.1 Å². The highest BCUT2D eigenvalue weighted by molar-refractivity contribution is 7.12. The van der Waals surface area contributed by atoms with Gasteiger partial charge in [-0.25, -0.2) is 9.59 Å². The molecule has 172 valence electrons. The smallest absolute Gasteiger partial charge is 0.408 e. The number of ketones is 1. The highest BCUT2D eigenvalue weighted by Gasteiger charge is 2.20. The fourth-order valence-electron chi connectivity index (χ4n) is 2.98. The Hall–Kier alpha value is -3.13. The molecule has 0 aliphatic carbocycles. The highest BCUT2D eigenvalue weighted by atomic mass is 32.1. The number of thiophene rings is 1. The number of unbranched alkanes of at least 4 members (excludes halogenated alkanes) is 1. The van der Waals surface area contributed by atoms with E-state index < -0.39 is 23.3 Å². The summed E-state index contributed by atoms with van der Waals surface area (Å²) in [4.78, 5) is 37.6. The van der Waals surface area contributed by atoms with Gasteiger partial charge >= 0.3 is 11.7 Å². The van der Waals surface area contributed by atoms with E-state index in [0.717, 1.165) is 17.7 Å². The van der Waals surface area contributed by atoms with Gasteiger partial charge in [0.25, 0.3) is 0 Å². The third-order valence-electron chi connectivity index (χ3n) is 4.69.